The van der Waals surface area contributed by atoms with Crippen LogP contribution in [0.25, 0.3) is 0 Å². The molecule has 130 valence electrons. The van der Waals surface area contributed by atoms with E-state index in [1.54, 1.807) is 35.4 Å². The van der Waals surface area contributed by atoms with Crippen molar-refractivity contribution < 1.29 is 14.7 Å². The van der Waals surface area contributed by atoms with Gasteiger partial charge in [0.2, 0.25) is 5.91 Å². The summed E-state index contributed by atoms with van der Waals surface area (Å²) >= 11 is 0. The first kappa shape index (κ1) is 15.7. The Labute approximate surface area is 145 Å². The van der Waals surface area contributed by atoms with Crippen LogP contribution in [0.5, 0.6) is 5.75 Å². The molecular weight excluding hydrogens is 320 g/mol. The van der Waals surface area contributed by atoms with Crippen molar-refractivity contribution in [1.29, 1.82) is 0 Å². The zero-order chi connectivity index (χ0) is 17.4. The summed E-state index contributed by atoms with van der Waals surface area (Å²) in [6, 6.07) is 8.54. The summed E-state index contributed by atoms with van der Waals surface area (Å²) in [4.78, 5) is 26.8. The van der Waals surface area contributed by atoms with Crippen LogP contribution in [0.1, 0.15) is 28.9 Å². The van der Waals surface area contributed by atoms with E-state index in [0.717, 1.165) is 12.0 Å². The van der Waals surface area contributed by atoms with Crippen LogP contribution >= 0.6 is 0 Å². The zero-order valence-corrected chi connectivity index (χ0v) is 13.7. The average Bonchev–Trinajstić information content (AvgIpc) is 3.10. The molecule has 2 aromatic rings. The maximum absolute atomic E-state index is 12.6. The third-order valence-electron chi connectivity index (χ3n) is 5.33. The van der Waals surface area contributed by atoms with Gasteiger partial charge in [-0.2, -0.15) is 5.10 Å². The second-order valence-electron chi connectivity index (χ2n) is 6.88. The van der Waals surface area contributed by atoms with Crippen LogP contribution in [-0.4, -0.2) is 45.1 Å². The van der Waals surface area contributed by atoms with Gasteiger partial charge in [-0.1, -0.05) is 12.1 Å². The number of benzene rings is 1. The number of rotatable bonds is 4. The Bertz CT molecular complexity index is 804. The highest BCUT2D eigenvalue weighted by Gasteiger charge is 2.62. The molecular formula is C18H20N4O3. The number of piperidine rings is 1. The highest BCUT2D eigenvalue weighted by Crippen LogP contribution is 2.58. The van der Waals surface area contributed by atoms with Gasteiger partial charge in [-0.05, 0) is 42.5 Å². The number of nitrogens with zero attached hydrogens (tertiary/aromatic N) is 2. The number of amides is 2. The molecule has 1 aromatic heterocycles. The Hall–Kier alpha value is -2.83. The summed E-state index contributed by atoms with van der Waals surface area (Å²) in [6.45, 7) is 1.59. The third kappa shape index (κ3) is 2.86. The number of aromatic hydroxyl groups is 1. The topological polar surface area (TPSA) is 98.3 Å². The van der Waals surface area contributed by atoms with Crippen LogP contribution in [0.3, 0.4) is 0 Å². The van der Waals surface area contributed by atoms with E-state index >= 15 is 0 Å². The standard InChI is InChI=1S/C18H20N4O3/c23-14-3-1-2-12(8-14)10-19-17(25)18-5-7-22(11-13(18)9-18)16(24)15-4-6-20-21-15/h1-4,6,8,13,23H,5,7,9-11H2,(H,19,25)(H,20,21). The molecule has 0 spiro atoms. The first-order valence-electron chi connectivity index (χ1n) is 8.43. The molecule has 1 saturated carbocycles. The van der Waals surface area contributed by atoms with E-state index in [1.807, 2.05) is 6.07 Å². The highest BCUT2D eigenvalue weighted by molar-refractivity contribution is 5.93. The fourth-order valence-electron chi connectivity index (χ4n) is 3.76. The fourth-order valence-corrected chi connectivity index (χ4v) is 3.76. The Kier molecular flexibility index (Phi) is 3.71. The monoisotopic (exact) mass is 340 g/mol. The first-order valence-corrected chi connectivity index (χ1v) is 8.43. The minimum absolute atomic E-state index is 0.0504. The van der Waals surface area contributed by atoms with E-state index < -0.39 is 0 Å². The lowest BCUT2D eigenvalue weighted by molar-refractivity contribution is -0.128. The lowest BCUT2D eigenvalue weighted by Crippen LogP contribution is -2.44. The Morgan fingerprint density at radius 1 is 1.40 bits per heavy atom. The fraction of sp³-hybridized carbons (Fsp3) is 0.389. The van der Waals surface area contributed by atoms with E-state index in [9.17, 15) is 14.7 Å². The quantitative estimate of drug-likeness (QED) is 0.781. The van der Waals surface area contributed by atoms with Crippen molar-refractivity contribution >= 4 is 11.8 Å². The summed E-state index contributed by atoms with van der Waals surface area (Å²) in [5, 5.41) is 19.0. The zero-order valence-electron chi connectivity index (χ0n) is 13.7. The van der Waals surface area contributed by atoms with Gasteiger partial charge >= 0.3 is 0 Å². The van der Waals surface area contributed by atoms with Gasteiger partial charge < -0.3 is 15.3 Å². The summed E-state index contributed by atoms with van der Waals surface area (Å²) in [7, 11) is 0. The van der Waals surface area contributed by atoms with Crippen molar-refractivity contribution in [3.05, 3.63) is 47.8 Å². The molecule has 2 atom stereocenters. The van der Waals surface area contributed by atoms with Crippen LogP contribution in [0.15, 0.2) is 36.5 Å². The van der Waals surface area contributed by atoms with Gasteiger partial charge in [0, 0.05) is 25.8 Å². The van der Waals surface area contributed by atoms with Crippen LogP contribution in [-0.2, 0) is 11.3 Å². The summed E-state index contributed by atoms with van der Waals surface area (Å²) < 4.78 is 0. The molecule has 1 aliphatic heterocycles. The largest absolute Gasteiger partial charge is 0.508 e. The molecule has 3 N–H and O–H groups in total. The minimum Gasteiger partial charge on any atom is -0.508 e. The average molecular weight is 340 g/mol. The van der Waals surface area contributed by atoms with Crippen LogP contribution in [0.4, 0.5) is 0 Å². The van der Waals surface area contributed by atoms with Crippen LogP contribution in [0.2, 0.25) is 0 Å². The van der Waals surface area contributed by atoms with Gasteiger partial charge in [0.15, 0.2) is 0 Å². The normalized spacial score (nSPS) is 24.5. The SMILES string of the molecule is O=C(c1ccn[nH]1)N1CCC2(C(=O)NCc3cccc(O)c3)CC2C1. The van der Waals surface area contributed by atoms with E-state index in [1.165, 1.54) is 0 Å². The van der Waals surface area contributed by atoms with Crippen LogP contribution in [0, 0.1) is 11.3 Å². The first-order chi connectivity index (χ1) is 12.1. The van der Waals surface area contributed by atoms with E-state index in [-0.39, 0.29) is 28.9 Å². The molecule has 7 heteroatoms. The lowest BCUT2D eigenvalue weighted by atomic mass is 9.93. The van der Waals surface area contributed by atoms with Gasteiger partial charge in [-0.3, -0.25) is 14.7 Å². The molecule has 2 aliphatic rings. The maximum Gasteiger partial charge on any atom is 0.271 e. The maximum atomic E-state index is 12.6. The lowest BCUT2D eigenvalue weighted by Gasteiger charge is -2.30. The van der Waals surface area contributed by atoms with Crippen LogP contribution < -0.4 is 5.32 Å². The number of carbonyl (C=O) groups is 2. The van der Waals surface area contributed by atoms with Gasteiger partial charge in [0.25, 0.3) is 5.91 Å². The molecule has 2 fully saturated rings. The number of likely N-dealkylation sites (tertiary alicyclic amines) is 1. The Balaban J connectivity index is 1.34. The Morgan fingerprint density at radius 3 is 3.00 bits per heavy atom. The second kappa shape index (κ2) is 5.91. The number of phenolic OH excluding ortho intramolecular Hbond substituents is 1. The molecule has 2 unspecified atom stereocenters. The predicted molar refractivity (Wildman–Crippen MR) is 89.6 cm³/mol. The molecule has 1 saturated heterocycles. The van der Waals surface area contributed by atoms with Crippen molar-refractivity contribution in [2.75, 3.05) is 13.1 Å². The number of H-pyrrole nitrogens is 1. The summed E-state index contributed by atoms with van der Waals surface area (Å²) in [5.41, 5.74) is 1.02. The summed E-state index contributed by atoms with van der Waals surface area (Å²) in [6.07, 6.45) is 3.07. The molecule has 4 rings (SSSR count). The number of aromatic amines is 1. The van der Waals surface area contributed by atoms with Crippen molar-refractivity contribution in [3.63, 3.8) is 0 Å². The molecule has 2 heterocycles. The van der Waals surface area contributed by atoms with Crippen molar-refractivity contribution in [3.8, 4) is 5.75 Å². The minimum atomic E-state index is -0.332. The second-order valence-corrected chi connectivity index (χ2v) is 6.88. The highest BCUT2D eigenvalue weighted by atomic mass is 16.3. The Morgan fingerprint density at radius 2 is 2.28 bits per heavy atom. The third-order valence-corrected chi connectivity index (χ3v) is 5.33. The van der Waals surface area contributed by atoms with E-state index in [4.69, 9.17) is 0 Å². The number of hydrogen-bond acceptors (Lipinski definition) is 4. The van der Waals surface area contributed by atoms with Gasteiger partial charge in [-0.15, -0.1) is 0 Å². The molecule has 1 aliphatic carbocycles. The van der Waals surface area contributed by atoms with Gasteiger partial charge in [0.05, 0.1) is 5.41 Å². The molecule has 25 heavy (non-hydrogen) atoms. The number of carbonyl (C=O) groups excluding carboxylic acids is 2. The van der Waals surface area contributed by atoms with Gasteiger partial charge in [-0.25, -0.2) is 0 Å². The van der Waals surface area contributed by atoms with E-state index in [0.29, 0.717) is 31.7 Å². The predicted octanol–water partition coefficient (Wildman–Crippen LogP) is 1.28. The molecule has 7 nitrogen and oxygen atoms in total. The number of hydrogen-bond donors (Lipinski definition) is 3. The van der Waals surface area contributed by atoms with E-state index in [2.05, 4.69) is 15.5 Å². The van der Waals surface area contributed by atoms with Crippen molar-refractivity contribution in [2.45, 2.75) is 19.4 Å². The molecule has 0 radical (unpaired) electrons. The number of nitrogens with one attached hydrogen (secondary N) is 2. The molecule has 2 amide bonds. The smallest absolute Gasteiger partial charge is 0.271 e. The molecule has 0 bridgehead atoms. The number of aromatic nitrogens is 2. The molecule has 1 aromatic carbocycles. The van der Waals surface area contributed by atoms with Crippen molar-refractivity contribution in [2.24, 2.45) is 11.3 Å². The number of fused-ring (bicyclic) bond motifs is 1. The number of phenols is 1. The summed E-state index contributed by atoms with van der Waals surface area (Å²) in [5.74, 6) is 0.407. The van der Waals surface area contributed by atoms with Gasteiger partial charge in [0.1, 0.15) is 11.4 Å². The van der Waals surface area contributed by atoms with Crippen molar-refractivity contribution in [1.82, 2.24) is 20.4 Å².